The molecule has 1 aliphatic heterocycles. The first kappa shape index (κ1) is 8.07. The molecule has 1 aromatic rings. The fourth-order valence-electron chi connectivity index (χ4n) is 1.36. The van der Waals surface area contributed by atoms with Crippen LogP contribution in [0.1, 0.15) is 5.69 Å². The first-order chi connectivity index (χ1) is 6.29. The fourth-order valence-corrected chi connectivity index (χ4v) is 1.36. The molecular formula is C9H12N4. The molecule has 0 radical (unpaired) electrons. The van der Waals surface area contributed by atoms with Gasteiger partial charge in [0.1, 0.15) is 6.17 Å². The Kier molecular flexibility index (Phi) is 1.90. The van der Waals surface area contributed by atoms with Crippen LogP contribution in [0.15, 0.2) is 30.6 Å². The number of nitrogens with zero attached hydrogens (tertiary/aromatic N) is 2. The molecule has 4 heteroatoms. The van der Waals surface area contributed by atoms with Crippen LogP contribution in [0.4, 0.5) is 0 Å². The Morgan fingerprint density at radius 1 is 1.62 bits per heavy atom. The van der Waals surface area contributed by atoms with Crippen molar-refractivity contribution in [3.8, 4) is 0 Å². The first-order valence-electron chi connectivity index (χ1n) is 4.14. The number of hydrogen-bond donors (Lipinski definition) is 2. The maximum Gasteiger partial charge on any atom is 0.105 e. The normalized spacial score (nSPS) is 21.8. The molecule has 0 saturated carbocycles. The fraction of sp³-hybridized carbons (Fsp3) is 0.222. The Morgan fingerprint density at radius 3 is 3.15 bits per heavy atom. The van der Waals surface area contributed by atoms with Crippen molar-refractivity contribution in [1.82, 2.24) is 15.1 Å². The standard InChI is InChI=1S/C9H12N4/c1-13-6-2-3-7(9(13)10)8-4-5-11-12-8/h2-6,9H,10H2,1H3,(H,11,12). The number of hydrogen-bond acceptors (Lipinski definition) is 3. The zero-order valence-electron chi connectivity index (χ0n) is 7.44. The summed E-state index contributed by atoms with van der Waals surface area (Å²) in [5, 5.41) is 6.79. The van der Waals surface area contributed by atoms with Gasteiger partial charge >= 0.3 is 0 Å². The van der Waals surface area contributed by atoms with E-state index in [2.05, 4.69) is 10.2 Å². The molecule has 0 bridgehead atoms. The molecule has 0 saturated heterocycles. The summed E-state index contributed by atoms with van der Waals surface area (Å²) >= 11 is 0. The van der Waals surface area contributed by atoms with Crippen LogP contribution in [-0.4, -0.2) is 28.3 Å². The monoisotopic (exact) mass is 176 g/mol. The van der Waals surface area contributed by atoms with Crippen LogP contribution in [0, 0.1) is 0 Å². The quantitative estimate of drug-likeness (QED) is 0.656. The third-order valence-corrected chi connectivity index (χ3v) is 2.17. The van der Waals surface area contributed by atoms with Crippen molar-refractivity contribution < 1.29 is 0 Å². The van der Waals surface area contributed by atoms with Crippen LogP contribution in [-0.2, 0) is 0 Å². The Bertz CT molecular complexity index is 337. The van der Waals surface area contributed by atoms with Crippen molar-refractivity contribution in [3.05, 3.63) is 36.3 Å². The number of aromatic amines is 1. The first-order valence-corrected chi connectivity index (χ1v) is 4.14. The highest BCUT2D eigenvalue weighted by Gasteiger charge is 2.16. The van der Waals surface area contributed by atoms with Gasteiger partial charge in [-0.05, 0) is 12.1 Å². The second kappa shape index (κ2) is 3.06. The van der Waals surface area contributed by atoms with Crippen molar-refractivity contribution in [2.24, 2.45) is 5.73 Å². The number of nitrogens with two attached hydrogens (primary N) is 1. The zero-order chi connectivity index (χ0) is 9.26. The van der Waals surface area contributed by atoms with Gasteiger partial charge in [0.2, 0.25) is 0 Å². The van der Waals surface area contributed by atoms with Gasteiger partial charge in [0, 0.05) is 25.0 Å². The third kappa shape index (κ3) is 1.36. The predicted molar refractivity (Wildman–Crippen MR) is 51.4 cm³/mol. The Morgan fingerprint density at radius 2 is 2.46 bits per heavy atom. The molecule has 3 N–H and O–H groups in total. The topological polar surface area (TPSA) is 57.9 Å². The van der Waals surface area contributed by atoms with E-state index < -0.39 is 0 Å². The van der Waals surface area contributed by atoms with E-state index in [0.29, 0.717) is 0 Å². The van der Waals surface area contributed by atoms with E-state index in [1.165, 1.54) is 0 Å². The van der Waals surface area contributed by atoms with Crippen molar-refractivity contribution in [1.29, 1.82) is 0 Å². The summed E-state index contributed by atoms with van der Waals surface area (Å²) in [5.41, 5.74) is 8.01. The average Bonchev–Trinajstić information content (AvgIpc) is 2.62. The van der Waals surface area contributed by atoms with Crippen LogP contribution in [0.5, 0.6) is 0 Å². The van der Waals surface area contributed by atoms with Gasteiger partial charge in [0.25, 0.3) is 0 Å². The van der Waals surface area contributed by atoms with Gasteiger partial charge < -0.3 is 10.6 Å². The Balaban J connectivity index is 2.34. The molecule has 0 aromatic carbocycles. The molecule has 4 nitrogen and oxygen atoms in total. The highest BCUT2D eigenvalue weighted by molar-refractivity contribution is 5.68. The molecule has 1 unspecified atom stereocenters. The molecule has 0 amide bonds. The summed E-state index contributed by atoms with van der Waals surface area (Å²) in [7, 11) is 1.95. The second-order valence-electron chi connectivity index (χ2n) is 3.04. The minimum absolute atomic E-state index is 0.0922. The lowest BCUT2D eigenvalue weighted by Gasteiger charge is -2.27. The molecule has 1 atom stereocenters. The summed E-state index contributed by atoms with van der Waals surface area (Å²) in [4.78, 5) is 1.95. The maximum absolute atomic E-state index is 5.97. The number of nitrogens with one attached hydrogen (secondary N) is 1. The molecule has 1 aromatic heterocycles. The van der Waals surface area contributed by atoms with Crippen molar-refractivity contribution in [3.63, 3.8) is 0 Å². The minimum atomic E-state index is -0.0922. The van der Waals surface area contributed by atoms with Gasteiger partial charge in [-0.2, -0.15) is 5.10 Å². The van der Waals surface area contributed by atoms with E-state index in [9.17, 15) is 0 Å². The molecule has 0 fully saturated rings. The van der Waals surface area contributed by atoms with E-state index in [1.807, 2.05) is 36.4 Å². The Hall–Kier alpha value is -1.55. The Labute approximate surface area is 76.7 Å². The van der Waals surface area contributed by atoms with Crippen LogP contribution >= 0.6 is 0 Å². The lowest BCUT2D eigenvalue weighted by molar-refractivity contribution is 0.398. The van der Waals surface area contributed by atoms with Gasteiger partial charge in [0.05, 0.1) is 5.69 Å². The maximum atomic E-state index is 5.97. The zero-order valence-corrected chi connectivity index (χ0v) is 7.44. The van der Waals surface area contributed by atoms with Crippen LogP contribution < -0.4 is 5.73 Å². The van der Waals surface area contributed by atoms with Gasteiger partial charge in [-0.3, -0.25) is 5.10 Å². The highest BCUT2D eigenvalue weighted by atomic mass is 15.2. The largest absolute Gasteiger partial charge is 0.361 e. The summed E-state index contributed by atoms with van der Waals surface area (Å²) in [6, 6.07) is 1.92. The summed E-state index contributed by atoms with van der Waals surface area (Å²) in [6.07, 6.45) is 7.55. The van der Waals surface area contributed by atoms with Gasteiger partial charge in [0.15, 0.2) is 0 Å². The van der Waals surface area contributed by atoms with Crippen LogP contribution in [0.3, 0.4) is 0 Å². The van der Waals surface area contributed by atoms with Crippen molar-refractivity contribution in [2.75, 3.05) is 7.05 Å². The van der Waals surface area contributed by atoms with Crippen LogP contribution in [0.25, 0.3) is 5.57 Å². The van der Waals surface area contributed by atoms with Gasteiger partial charge in [-0.25, -0.2) is 0 Å². The third-order valence-electron chi connectivity index (χ3n) is 2.17. The van der Waals surface area contributed by atoms with Crippen molar-refractivity contribution >= 4 is 5.57 Å². The minimum Gasteiger partial charge on any atom is -0.361 e. The molecule has 2 heterocycles. The SMILES string of the molecule is CN1C=CC=C(c2ccn[nH]2)C1N. The number of rotatable bonds is 1. The molecule has 1 aliphatic rings. The van der Waals surface area contributed by atoms with E-state index in [1.54, 1.807) is 6.20 Å². The van der Waals surface area contributed by atoms with Crippen molar-refractivity contribution in [2.45, 2.75) is 6.17 Å². The summed E-state index contributed by atoms with van der Waals surface area (Å²) in [5.74, 6) is 0. The molecule has 0 spiro atoms. The molecule has 0 aliphatic carbocycles. The molecular weight excluding hydrogens is 164 g/mol. The molecule has 2 rings (SSSR count). The smallest absolute Gasteiger partial charge is 0.105 e. The van der Waals surface area contributed by atoms with Gasteiger partial charge in [-0.1, -0.05) is 6.08 Å². The van der Waals surface area contributed by atoms with E-state index in [4.69, 9.17) is 5.73 Å². The lowest BCUT2D eigenvalue weighted by Crippen LogP contribution is -2.38. The van der Waals surface area contributed by atoms with E-state index in [-0.39, 0.29) is 6.17 Å². The number of allylic oxidation sites excluding steroid dienone is 2. The number of likely N-dealkylation sites (N-methyl/N-ethyl adjacent to an activating group) is 1. The van der Waals surface area contributed by atoms with Crippen LogP contribution in [0.2, 0.25) is 0 Å². The lowest BCUT2D eigenvalue weighted by atomic mass is 10.1. The van der Waals surface area contributed by atoms with Gasteiger partial charge in [-0.15, -0.1) is 0 Å². The summed E-state index contributed by atoms with van der Waals surface area (Å²) in [6.45, 7) is 0. The summed E-state index contributed by atoms with van der Waals surface area (Å²) < 4.78 is 0. The highest BCUT2D eigenvalue weighted by Crippen LogP contribution is 2.19. The molecule has 68 valence electrons. The second-order valence-corrected chi connectivity index (χ2v) is 3.04. The number of aromatic nitrogens is 2. The molecule has 13 heavy (non-hydrogen) atoms. The average molecular weight is 176 g/mol. The van der Waals surface area contributed by atoms with E-state index >= 15 is 0 Å². The predicted octanol–water partition coefficient (Wildman–Crippen LogP) is 0.537. The number of H-pyrrole nitrogens is 1. The van der Waals surface area contributed by atoms with E-state index in [0.717, 1.165) is 11.3 Å².